The second-order valence-corrected chi connectivity index (χ2v) is 27.5. The van der Waals surface area contributed by atoms with Crippen molar-refractivity contribution < 1.29 is 43.0 Å². The van der Waals surface area contributed by atoms with E-state index < -0.39 is 0 Å². The van der Waals surface area contributed by atoms with Gasteiger partial charge in [-0.3, -0.25) is 9.88 Å². The van der Waals surface area contributed by atoms with Gasteiger partial charge in [0.05, 0.1) is 59.5 Å². The average Bonchev–Trinajstić information content (AvgIpc) is 0.956. The summed E-state index contributed by atoms with van der Waals surface area (Å²) in [4.78, 5) is 62.5. The highest BCUT2D eigenvalue weighted by atomic mass is 35.5. The van der Waals surface area contributed by atoms with Crippen LogP contribution in [-0.4, -0.2) is 240 Å². The van der Waals surface area contributed by atoms with Gasteiger partial charge in [-0.05, 0) is 176 Å². The Morgan fingerprint density at radius 3 is 0.824 bits per heavy atom. The highest BCUT2D eigenvalue weighted by Crippen LogP contribution is 2.19. The molecular weight excluding hydrogens is 1870 g/mol. The number of piperazine rings is 1. The van der Waals surface area contributed by atoms with E-state index in [2.05, 4.69) is 127 Å². The maximum atomic E-state index is 8.37. The van der Waals surface area contributed by atoms with E-state index >= 15 is 0 Å². The number of piperidine rings is 1. The largest absolute Gasteiger partial charge is 0.481 e. The summed E-state index contributed by atoms with van der Waals surface area (Å²) in [5.41, 5.74) is 0. The number of ether oxygens (including phenoxy) is 8. The number of methoxy groups -OCH3 is 1. The van der Waals surface area contributed by atoms with Gasteiger partial charge in [-0.25, -0.2) is 54.8 Å². The molecule has 27 nitrogen and oxygen atoms in total. The van der Waals surface area contributed by atoms with Crippen molar-refractivity contribution in [1.82, 2.24) is 69.6 Å². The van der Waals surface area contributed by atoms with Crippen molar-refractivity contribution in [1.29, 1.82) is 0 Å². The number of aliphatic hydroxyl groups excluding tert-OH is 1. The van der Waals surface area contributed by atoms with E-state index in [1.165, 1.54) is 58.3 Å². The SMILES string of the molecule is C.C.C.C.C.C.C.C.C.C.C.C.C.C.C.C.C.C.C.C.C.C.C.C.C.CC(C)Oc1ccccn1.CCCOc1ccccn1.CCOc1ccccn1.CN1CCN(c2ccccn2)CC1.COc1ccccn1.Clc1ccccn1.OCCOc1ccccn1.c1ccc(N2CCCC2)nc1.c1ccc(N2CCCCC2)nc1.c1ccc(N2CCOCC2)nc1.c1ccc(OCCN2CCOCC2)nc1.c1ccncc1. The van der Waals surface area contributed by atoms with Crippen molar-refractivity contribution in [3.8, 4) is 35.3 Å². The number of anilines is 4. The third kappa shape index (κ3) is 90.2. The van der Waals surface area contributed by atoms with E-state index in [4.69, 9.17) is 54.6 Å². The molecular formula is C120H225ClN18O9. The highest BCUT2D eigenvalue weighted by Gasteiger charge is 2.16. The zero-order valence-corrected chi connectivity index (χ0v) is 73.1. The first-order valence-electron chi connectivity index (χ1n) is 42.0. The quantitative estimate of drug-likeness (QED) is 0.0737. The summed E-state index contributed by atoms with van der Waals surface area (Å²) >= 11 is 5.43. The van der Waals surface area contributed by atoms with E-state index in [1.807, 2.05) is 221 Å². The van der Waals surface area contributed by atoms with Gasteiger partial charge in [0.15, 0.2) is 0 Å². The number of pyridine rings is 12. The number of aliphatic hydroxyl groups is 1. The van der Waals surface area contributed by atoms with Crippen LogP contribution in [0.2, 0.25) is 5.15 Å². The van der Waals surface area contributed by atoms with E-state index in [0.717, 1.165) is 122 Å². The molecule has 0 radical (unpaired) electrons. The van der Waals surface area contributed by atoms with Gasteiger partial charge in [0.25, 0.3) is 0 Å². The molecule has 0 aliphatic carbocycles. The number of hydrogen-bond acceptors (Lipinski definition) is 27. The smallest absolute Gasteiger partial charge is 0.213 e. The molecule has 5 fully saturated rings. The van der Waals surface area contributed by atoms with Crippen LogP contribution in [0.3, 0.4) is 0 Å². The third-order valence-corrected chi connectivity index (χ3v) is 17.5. The second-order valence-electron chi connectivity index (χ2n) is 27.1. The summed E-state index contributed by atoms with van der Waals surface area (Å²) in [6.07, 6.45) is 30.7. The van der Waals surface area contributed by atoms with E-state index in [-0.39, 0.29) is 198 Å². The Kier molecular flexibility index (Phi) is 156. The van der Waals surface area contributed by atoms with Gasteiger partial charge in [0.2, 0.25) is 35.3 Å². The zero-order valence-electron chi connectivity index (χ0n) is 72.3. The Labute approximate surface area is 917 Å². The topological polar surface area (TPSA) is 268 Å². The minimum Gasteiger partial charge on any atom is -0.481 e. The van der Waals surface area contributed by atoms with Gasteiger partial charge in [-0.1, -0.05) is 277 Å². The number of aromatic nitrogens is 12. The molecule has 0 bridgehead atoms. The van der Waals surface area contributed by atoms with Crippen LogP contribution < -0.4 is 48.0 Å². The molecule has 5 aliphatic rings. The number of likely N-dealkylation sites (N-methyl/N-ethyl adjacent to an activating group) is 1. The number of halogens is 1. The zero-order chi connectivity index (χ0) is 87.0. The lowest BCUT2D eigenvalue weighted by molar-refractivity contribution is 0.0320. The van der Waals surface area contributed by atoms with Crippen molar-refractivity contribution in [3.63, 3.8) is 0 Å². The molecule has 0 saturated carbocycles. The fourth-order valence-corrected chi connectivity index (χ4v) is 11.3. The first kappa shape index (κ1) is 184. The van der Waals surface area contributed by atoms with Crippen LogP contribution in [0.25, 0.3) is 0 Å². The number of nitrogens with zero attached hydrogens (tertiary/aromatic N) is 18. The summed E-state index contributed by atoms with van der Waals surface area (Å²) in [6.45, 7) is 27.8. The first-order chi connectivity index (χ1) is 60.6. The molecule has 12 aromatic rings. The van der Waals surface area contributed by atoms with E-state index in [9.17, 15) is 0 Å². The fraction of sp³-hybridized carbons (Fsp3) is 0.500. The molecule has 0 unspecified atom stereocenters. The highest BCUT2D eigenvalue weighted by molar-refractivity contribution is 6.29. The summed E-state index contributed by atoms with van der Waals surface area (Å²) in [5.74, 6) is 8.44. The predicted octanol–water partition coefficient (Wildman–Crippen LogP) is 31.8. The third-order valence-electron chi connectivity index (χ3n) is 17.3. The molecule has 17 rings (SSSR count). The molecule has 5 aliphatic heterocycles. The molecule has 148 heavy (non-hydrogen) atoms. The molecule has 17 heterocycles. The number of hydrogen-bond donors (Lipinski definition) is 1. The number of rotatable bonds is 19. The molecule has 12 aromatic heterocycles. The molecule has 856 valence electrons. The Balaban J connectivity index is -0.0000000664. The van der Waals surface area contributed by atoms with Gasteiger partial charge < -0.3 is 67.5 Å². The minimum absolute atomic E-state index is 0. The molecule has 0 amide bonds. The maximum Gasteiger partial charge on any atom is 0.213 e. The van der Waals surface area contributed by atoms with E-state index in [0.29, 0.717) is 60.3 Å². The maximum absolute atomic E-state index is 8.37. The van der Waals surface area contributed by atoms with Crippen molar-refractivity contribution in [2.75, 3.05) is 178 Å². The van der Waals surface area contributed by atoms with Crippen molar-refractivity contribution in [2.24, 2.45) is 0 Å². The van der Waals surface area contributed by atoms with Crippen LogP contribution in [-0.2, 0) is 9.47 Å². The van der Waals surface area contributed by atoms with Gasteiger partial charge in [-0.2, -0.15) is 0 Å². The lowest BCUT2D eigenvalue weighted by atomic mass is 10.1. The lowest BCUT2D eigenvalue weighted by Crippen LogP contribution is -2.44. The Morgan fingerprint density at radius 1 is 0.291 bits per heavy atom. The summed E-state index contributed by atoms with van der Waals surface area (Å²) in [6, 6.07) is 68.8. The Hall–Kier alpha value is -12.1. The van der Waals surface area contributed by atoms with Crippen LogP contribution in [0.1, 0.15) is 252 Å². The summed E-state index contributed by atoms with van der Waals surface area (Å²) in [7, 11) is 3.76. The van der Waals surface area contributed by atoms with Crippen molar-refractivity contribution >= 4 is 34.9 Å². The molecule has 5 saturated heterocycles. The van der Waals surface area contributed by atoms with Crippen LogP contribution >= 0.6 is 11.6 Å². The fourth-order valence-electron chi connectivity index (χ4n) is 11.2. The van der Waals surface area contributed by atoms with Crippen molar-refractivity contribution in [2.45, 2.75) is 258 Å². The standard InChI is InChI=1S/C11H16N2O2.C10H15N3.C10H14N2.C9H12N2O.C9H12N2.2C8H11NO.C7H9NO2.C7H9NO.C6H7NO.C5H4ClN.C5H5N.25CH4/c1-2-4-12-11(3-1)15-10-7-13-5-8-14-9-6-13;1-12-6-8-13(9-7-12)10-4-2-3-5-11-10;1-4-8-12(9-5-1)10-6-2-3-7-11-10;1-2-4-10-9(3-1)11-5-7-12-8-6-11;1-2-6-10-9(5-1)11-7-3-4-8-11;1-7(2)10-8-5-3-4-6-9-8;1-2-7-10-8-5-3-4-6-9-8;9-5-6-10-7-3-1-2-4-8-7;1-2-9-7-5-3-4-6-8-7;1-8-6-4-2-3-5-7-6;6-5-3-1-2-4-7-5;1-2-4-6-5-3-1;;;;;;;;;;;;;;;;;;;;;;;;;/h1-4H,5-10H2;2-5H,6-9H2,1H3;2-3,6-7H,1,4-5,8-9H2;1-4H,5-8H2;1-2,5-6H,3-4,7-8H2;3-7H,1-2H3;3-6H,2,7H2,1H3;1-4,9H,5-6H2;3-6H,2H2,1H3;2-5H,1H3;1-4H;1-5H;25*1H4. The monoisotopic (exact) mass is 2100 g/mol. The minimum atomic E-state index is 0. The normalized spacial score (nSPS) is 11.3. The number of morpholine rings is 2. The van der Waals surface area contributed by atoms with Crippen LogP contribution in [0.15, 0.2) is 299 Å². The summed E-state index contributed by atoms with van der Waals surface area (Å²) in [5, 5.41) is 8.92. The summed E-state index contributed by atoms with van der Waals surface area (Å²) < 4.78 is 41.5. The first-order valence-corrected chi connectivity index (χ1v) is 42.4. The predicted molar refractivity (Wildman–Crippen MR) is 659 cm³/mol. The second kappa shape index (κ2) is 125. The van der Waals surface area contributed by atoms with Crippen LogP contribution in [0.5, 0.6) is 35.3 Å². The van der Waals surface area contributed by atoms with Crippen molar-refractivity contribution in [3.05, 3.63) is 304 Å². The molecule has 0 spiro atoms. The van der Waals surface area contributed by atoms with Crippen LogP contribution in [0.4, 0.5) is 23.3 Å². The van der Waals surface area contributed by atoms with E-state index in [1.54, 1.807) is 81.1 Å². The molecule has 0 aromatic carbocycles. The molecule has 28 heteroatoms. The Morgan fingerprint density at radius 2 is 0.568 bits per heavy atom. The average molecular weight is 2100 g/mol. The Bertz CT molecular complexity index is 4170. The molecule has 0 atom stereocenters. The lowest BCUT2D eigenvalue weighted by Gasteiger charge is -2.33. The van der Waals surface area contributed by atoms with Gasteiger partial charge >= 0.3 is 0 Å². The van der Waals surface area contributed by atoms with Crippen LogP contribution in [0, 0.1) is 0 Å². The van der Waals surface area contributed by atoms with Gasteiger partial charge in [0.1, 0.15) is 41.6 Å². The van der Waals surface area contributed by atoms with Gasteiger partial charge in [-0.15, -0.1) is 0 Å². The molecule has 1 N–H and O–H groups in total. The van der Waals surface area contributed by atoms with Gasteiger partial charge in [0, 0.05) is 202 Å².